The number of hydrogen-bond acceptors (Lipinski definition) is 4. The number of carbonyl (C=O) groups is 1. The Bertz CT molecular complexity index is 920. The Morgan fingerprint density at radius 1 is 1.07 bits per heavy atom. The molecule has 1 heterocycles. The smallest absolute Gasteiger partial charge is 0.243 e. The molecule has 3 rings (SSSR count). The Balaban J connectivity index is 1.47. The standard InChI is InChI=1S/C22H27FN2O4S/c23-18-11-13-19(14-12-18)29-17-7-5-15-24-22(26)21-10-4-6-16-25(21)30(27,28)20-8-2-1-3-9-20/h1-3,8-9,11-14,21H,4-7,10,15-17H2,(H,24,26). The van der Waals surface area contributed by atoms with E-state index in [1.54, 1.807) is 42.5 Å². The highest BCUT2D eigenvalue weighted by molar-refractivity contribution is 7.89. The molecule has 1 saturated heterocycles. The summed E-state index contributed by atoms with van der Waals surface area (Å²) < 4.78 is 45.7. The molecule has 162 valence electrons. The summed E-state index contributed by atoms with van der Waals surface area (Å²) in [6, 6.07) is 13.4. The Hall–Kier alpha value is -2.45. The molecule has 0 aliphatic carbocycles. The summed E-state index contributed by atoms with van der Waals surface area (Å²) in [5, 5.41) is 2.86. The first-order valence-electron chi connectivity index (χ1n) is 10.2. The van der Waals surface area contributed by atoms with Crippen molar-refractivity contribution in [1.82, 2.24) is 9.62 Å². The van der Waals surface area contributed by atoms with E-state index >= 15 is 0 Å². The molecular weight excluding hydrogens is 407 g/mol. The molecule has 1 unspecified atom stereocenters. The van der Waals surface area contributed by atoms with E-state index in [1.807, 2.05) is 0 Å². The number of piperidine rings is 1. The molecule has 0 aromatic heterocycles. The number of benzene rings is 2. The second-order valence-corrected chi connectivity index (χ2v) is 9.13. The lowest BCUT2D eigenvalue weighted by Gasteiger charge is -2.33. The van der Waals surface area contributed by atoms with Gasteiger partial charge in [0, 0.05) is 13.1 Å². The van der Waals surface area contributed by atoms with E-state index in [1.165, 1.54) is 16.4 Å². The van der Waals surface area contributed by atoms with Gasteiger partial charge in [0.15, 0.2) is 0 Å². The van der Waals surface area contributed by atoms with Crippen molar-refractivity contribution in [3.63, 3.8) is 0 Å². The molecule has 1 aliphatic rings. The fourth-order valence-corrected chi connectivity index (χ4v) is 5.14. The number of sulfonamides is 1. The third kappa shape index (κ3) is 5.79. The van der Waals surface area contributed by atoms with Crippen molar-refractivity contribution in [2.24, 2.45) is 0 Å². The minimum Gasteiger partial charge on any atom is -0.494 e. The van der Waals surface area contributed by atoms with Gasteiger partial charge in [0.2, 0.25) is 15.9 Å². The van der Waals surface area contributed by atoms with E-state index in [-0.39, 0.29) is 16.6 Å². The molecule has 8 heteroatoms. The predicted octanol–water partition coefficient (Wildman–Crippen LogP) is 3.34. The highest BCUT2D eigenvalue weighted by Crippen LogP contribution is 2.25. The van der Waals surface area contributed by atoms with Gasteiger partial charge in [-0.2, -0.15) is 4.31 Å². The summed E-state index contributed by atoms with van der Waals surface area (Å²) >= 11 is 0. The van der Waals surface area contributed by atoms with E-state index in [4.69, 9.17) is 4.74 Å². The molecule has 0 saturated carbocycles. The lowest BCUT2D eigenvalue weighted by atomic mass is 10.0. The Labute approximate surface area is 177 Å². The number of nitrogens with zero attached hydrogens (tertiary/aromatic N) is 1. The van der Waals surface area contributed by atoms with E-state index < -0.39 is 16.1 Å². The molecule has 0 spiro atoms. The maximum Gasteiger partial charge on any atom is 0.243 e. The van der Waals surface area contributed by atoms with E-state index in [9.17, 15) is 17.6 Å². The largest absolute Gasteiger partial charge is 0.494 e. The van der Waals surface area contributed by atoms with Crippen molar-refractivity contribution in [2.45, 2.75) is 43.0 Å². The monoisotopic (exact) mass is 434 g/mol. The predicted molar refractivity (Wildman–Crippen MR) is 112 cm³/mol. The Morgan fingerprint density at radius 3 is 2.53 bits per heavy atom. The van der Waals surface area contributed by atoms with Crippen LogP contribution in [0.3, 0.4) is 0 Å². The zero-order chi connectivity index (χ0) is 21.4. The summed E-state index contributed by atoms with van der Waals surface area (Å²) in [6.07, 6.45) is 3.51. The maximum absolute atomic E-state index is 13.0. The van der Waals surface area contributed by atoms with Gasteiger partial charge in [-0.05, 0) is 62.1 Å². The first-order chi connectivity index (χ1) is 14.5. The summed E-state index contributed by atoms with van der Waals surface area (Å²) in [7, 11) is -3.70. The summed E-state index contributed by atoms with van der Waals surface area (Å²) in [5.74, 6) is 0.0363. The average molecular weight is 435 g/mol. The van der Waals surface area contributed by atoms with Crippen molar-refractivity contribution < 1.29 is 22.3 Å². The van der Waals surface area contributed by atoms with Crippen LogP contribution < -0.4 is 10.1 Å². The van der Waals surface area contributed by atoms with Crippen LogP contribution in [0.5, 0.6) is 5.75 Å². The molecule has 2 aromatic rings. The van der Waals surface area contributed by atoms with Crippen molar-refractivity contribution in [1.29, 1.82) is 0 Å². The number of nitrogens with one attached hydrogen (secondary N) is 1. The van der Waals surface area contributed by atoms with Gasteiger partial charge < -0.3 is 10.1 Å². The molecule has 6 nitrogen and oxygen atoms in total. The number of ether oxygens (including phenoxy) is 1. The van der Waals surface area contributed by atoms with Crippen LogP contribution in [0.25, 0.3) is 0 Å². The van der Waals surface area contributed by atoms with Gasteiger partial charge in [-0.15, -0.1) is 0 Å². The highest BCUT2D eigenvalue weighted by Gasteiger charge is 2.37. The van der Waals surface area contributed by atoms with Gasteiger partial charge in [0.1, 0.15) is 17.6 Å². The third-order valence-corrected chi connectivity index (χ3v) is 6.98. The van der Waals surface area contributed by atoms with Crippen LogP contribution >= 0.6 is 0 Å². The van der Waals surface area contributed by atoms with Crippen LogP contribution in [0.2, 0.25) is 0 Å². The number of amides is 1. The number of hydrogen-bond donors (Lipinski definition) is 1. The fourth-order valence-electron chi connectivity index (χ4n) is 3.46. The molecule has 1 fully saturated rings. The van der Waals surface area contributed by atoms with Crippen LogP contribution in [0.1, 0.15) is 32.1 Å². The van der Waals surface area contributed by atoms with Gasteiger partial charge >= 0.3 is 0 Å². The average Bonchev–Trinajstić information content (AvgIpc) is 2.78. The topological polar surface area (TPSA) is 75.7 Å². The summed E-state index contributed by atoms with van der Waals surface area (Å²) in [4.78, 5) is 12.9. The van der Waals surface area contributed by atoms with Gasteiger partial charge in [-0.25, -0.2) is 12.8 Å². The van der Waals surface area contributed by atoms with Crippen LogP contribution in [0.4, 0.5) is 4.39 Å². The Kier molecular flexibility index (Phi) is 7.81. The molecule has 1 aliphatic heterocycles. The number of halogens is 1. The SMILES string of the molecule is O=C(NCCCCOc1ccc(F)cc1)C1CCCCN1S(=O)(=O)c1ccccc1. The van der Waals surface area contributed by atoms with Crippen LogP contribution in [0.15, 0.2) is 59.5 Å². The van der Waals surface area contributed by atoms with Crippen molar-refractivity contribution >= 4 is 15.9 Å². The third-order valence-electron chi connectivity index (χ3n) is 5.06. The number of rotatable bonds is 9. The molecule has 1 N–H and O–H groups in total. The molecule has 1 amide bonds. The van der Waals surface area contributed by atoms with Gasteiger partial charge in [0.25, 0.3) is 0 Å². The summed E-state index contributed by atoms with van der Waals surface area (Å²) in [6.45, 7) is 1.25. The van der Waals surface area contributed by atoms with E-state index in [0.29, 0.717) is 44.7 Å². The maximum atomic E-state index is 13.0. The zero-order valence-corrected chi connectivity index (χ0v) is 17.6. The summed E-state index contributed by atoms with van der Waals surface area (Å²) in [5.41, 5.74) is 0. The minimum absolute atomic E-state index is 0.211. The van der Waals surface area contributed by atoms with Crippen molar-refractivity contribution in [3.8, 4) is 5.75 Å². The zero-order valence-electron chi connectivity index (χ0n) is 16.8. The molecule has 30 heavy (non-hydrogen) atoms. The second-order valence-electron chi connectivity index (χ2n) is 7.24. The van der Waals surface area contributed by atoms with Crippen LogP contribution in [0, 0.1) is 5.82 Å². The van der Waals surface area contributed by atoms with Gasteiger partial charge in [-0.1, -0.05) is 24.6 Å². The van der Waals surface area contributed by atoms with Crippen molar-refractivity contribution in [3.05, 3.63) is 60.4 Å². The molecule has 2 aromatic carbocycles. The van der Waals surface area contributed by atoms with E-state index in [2.05, 4.69) is 5.32 Å². The number of unbranched alkanes of at least 4 members (excludes halogenated alkanes) is 1. The lowest BCUT2D eigenvalue weighted by molar-refractivity contribution is -0.125. The lowest BCUT2D eigenvalue weighted by Crippen LogP contribution is -2.51. The van der Waals surface area contributed by atoms with Crippen LogP contribution in [-0.2, 0) is 14.8 Å². The normalized spacial score (nSPS) is 17.4. The number of carbonyl (C=O) groups excluding carboxylic acids is 1. The molecular formula is C22H27FN2O4S. The van der Waals surface area contributed by atoms with Crippen LogP contribution in [-0.4, -0.2) is 44.4 Å². The second kappa shape index (κ2) is 10.5. The van der Waals surface area contributed by atoms with E-state index in [0.717, 1.165) is 12.8 Å². The first kappa shape index (κ1) is 22.2. The molecule has 0 bridgehead atoms. The Morgan fingerprint density at radius 2 is 1.80 bits per heavy atom. The fraction of sp³-hybridized carbons (Fsp3) is 0.409. The van der Waals surface area contributed by atoms with Crippen molar-refractivity contribution in [2.75, 3.05) is 19.7 Å². The van der Waals surface area contributed by atoms with Gasteiger partial charge in [-0.3, -0.25) is 4.79 Å². The molecule has 0 radical (unpaired) electrons. The minimum atomic E-state index is -3.70. The molecule has 1 atom stereocenters. The first-order valence-corrected chi connectivity index (χ1v) is 11.7. The van der Waals surface area contributed by atoms with Gasteiger partial charge in [0.05, 0.1) is 11.5 Å². The quantitative estimate of drug-likeness (QED) is 0.614. The highest BCUT2D eigenvalue weighted by atomic mass is 32.2.